The number of hydrazone groups is 1. The molecule has 90 valence electrons. The summed E-state index contributed by atoms with van der Waals surface area (Å²) in [6.45, 7) is 3.97. The standard InChI is InChI=1S/C12H20N2O2/c1-12(2)9(10(12)11(15)16)7-13-14-8-5-3-4-6-8/h7-10,14H,3-6H2,1-2H3,(H,15,16)/t9?,10-/m0/s1. The Balaban J connectivity index is 1.81. The molecule has 0 saturated heterocycles. The van der Waals surface area contributed by atoms with Crippen LogP contribution in [0.3, 0.4) is 0 Å². The van der Waals surface area contributed by atoms with E-state index in [1.54, 1.807) is 6.21 Å². The van der Waals surface area contributed by atoms with Gasteiger partial charge in [-0.2, -0.15) is 5.10 Å². The minimum atomic E-state index is -0.706. The van der Waals surface area contributed by atoms with E-state index in [1.807, 2.05) is 13.8 Å². The third kappa shape index (κ3) is 2.06. The molecule has 1 unspecified atom stereocenters. The molecule has 2 aliphatic rings. The van der Waals surface area contributed by atoms with E-state index in [9.17, 15) is 4.79 Å². The number of nitrogens with one attached hydrogen (secondary N) is 1. The van der Waals surface area contributed by atoms with Crippen LogP contribution in [0.2, 0.25) is 0 Å². The van der Waals surface area contributed by atoms with Gasteiger partial charge in [0.1, 0.15) is 0 Å². The van der Waals surface area contributed by atoms with Gasteiger partial charge in [-0.1, -0.05) is 26.7 Å². The molecule has 2 fully saturated rings. The van der Waals surface area contributed by atoms with E-state index in [4.69, 9.17) is 5.11 Å². The minimum absolute atomic E-state index is 0.0823. The van der Waals surface area contributed by atoms with Crippen LogP contribution in [0.1, 0.15) is 39.5 Å². The fraction of sp³-hybridized carbons (Fsp3) is 0.833. The number of rotatable bonds is 4. The van der Waals surface area contributed by atoms with Gasteiger partial charge in [-0.15, -0.1) is 0 Å². The average molecular weight is 224 g/mol. The highest BCUT2D eigenvalue weighted by Crippen LogP contribution is 2.57. The zero-order chi connectivity index (χ0) is 11.8. The molecule has 2 rings (SSSR count). The molecule has 0 aromatic heterocycles. The second-order valence-electron chi connectivity index (χ2n) is 5.55. The van der Waals surface area contributed by atoms with E-state index in [0.717, 1.165) is 0 Å². The monoisotopic (exact) mass is 224 g/mol. The van der Waals surface area contributed by atoms with Crippen LogP contribution >= 0.6 is 0 Å². The first-order valence-electron chi connectivity index (χ1n) is 6.05. The second kappa shape index (κ2) is 4.07. The normalized spacial score (nSPS) is 33.1. The van der Waals surface area contributed by atoms with Crippen LogP contribution in [0.5, 0.6) is 0 Å². The Morgan fingerprint density at radius 3 is 2.56 bits per heavy atom. The maximum atomic E-state index is 10.9. The van der Waals surface area contributed by atoms with E-state index >= 15 is 0 Å². The summed E-state index contributed by atoms with van der Waals surface area (Å²) in [5.41, 5.74) is 2.99. The molecule has 0 bridgehead atoms. The lowest BCUT2D eigenvalue weighted by Crippen LogP contribution is -2.20. The first kappa shape index (κ1) is 11.4. The van der Waals surface area contributed by atoms with Crippen molar-refractivity contribution in [1.82, 2.24) is 5.43 Å². The first-order chi connectivity index (χ1) is 7.53. The topological polar surface area (TPSA) is 61.7 Å². The highest BCUT2D eigenvalue weighted by molar-refractivity contribution is 5.84. The van der Waals surface area contributed by atoms with Gasteiger partial charge in [-0.3, -0.25) is 4.79 Å². The molecule has 0 aromatic carbocycles. The van der Waals surface area contributed by atoms with Crippen LogP contribution < -0.4 is 5.43 Å². The molecule has 2 aliphatic carbocycles. The fourth-order valence-electron chi connectivity index (χ4n) is 2.71. The number of aliphatic carboxylic acids is 1. The molecule has 2 N–H and O–H groups in total. The highest BCUT2D eigenvalue weighted by Gasteiger charge is 2.61. The molecule has 0 aliphatic heterocycles. The quantitative estimate of drug-likeness (QED) is 0.566. The van der Waals surface area contributed by atoms with Gasteiger partial charge in [0, 0.05) is 18.2 Å². The summed E-state index contributed by atoms with van der Waals surface area (Å²) >= 11 is 0. The Morgan fingerprint density at radius 1 is 1.44 bits per heavy atom. The predicted molar refractivity (Wildman–Crippen MR) is 62.3 cm³/mol. The number of carboxylic acids is 1. The zero-order valence-corrected chi connectivity index (χ0v) is 9.94. The van der Waals surface area contributed by atoms with Gasteiger partial charge in [0.05, 0.1) is 5.92 Å². The molecule has 4 nitrogen and oxygen atoms in total. The van der Waals surface area contributed by atoms with Crippen molar-refractivity contribution in [2.45, 2.75) is 45.6 Å². The smallest absolute Gasteiger partial charge is 0.307 e. The van der Waals surface area contributed by atoms with Crippen molar-refractivity contribution in [1.29, 1.82) is 0 Å². The molecule has 0 aromatic rings. The second-order valence-corrected chi connectivity index (χ2v) is 5.55. The molecule has 0 amide bonds. The first-order valence-corrected chi connectivity index (χ1v) is 6.05. The summed E-state index contributed by atoms with van der Waals surface area (Å²) in [6, 6.07) is 0.501. The predicted octanol–water partition coefficient (Wildman–Crippen LogP) is 1.86. The van der Waals surface area contributed by atoms with Gasteiger partial charge in [0.2, 0.25) is 0 Å². The van der Waals surface area contributed by atoms with E-state index in [0.29, 0.717) is 6.04 Å². The zero-order valence-electron chi connectivity index (χ0n) is 9.94. The van der Waals surface area contributed by atoms with Crippen LogP contribution in [-0.2, 0) is 4.79 Å². The third-order valence-corrected chi connectivity index (χ3v) is 4.02. The van der Waals surface area contributed by atoms with Crippen molar-refractivity contribution < 1.29 is 9.90 Å². The van der Waals surface area contributed by atoms with Gasteiger partial charge in [0.25, 0.3) is 0 Å². The molecule has 0 radical (unpaired) electrons. The molecule has 16 heavy (non-hydrogen) atoms. The van der Waals surface area contributed by atoms with Crippen molar-refractivity contribution in [2.24, 2.45) is 22.4 Å². The van der Waals surface area contributed by atoms with Crippen LogP contribution in [0.25, 0.3) is 0 Å². The summed E-state index contributed by atoms with van der Waals surface area (Å²) in [4.78, 5) is 10.9. The SMILES string of the molecule is CC1(C)C(C=NNC2CCCC2)[C@H]1C(=O)O. The molecule has 2 atom stereocenters. The Morgan fingerprint density at radius 2 is 2.06 bits per heavy atom. The summed E-state index contributed by atoms with van der Waals surface area (Å²) in [5, 5.41) is 13.2. The molecule has 2 saturated carbocycles. The fourth-order valence-corrected chi connectivity index (χ4v) is 2.71. The molecule has 0 heterocycles. The third-order valence-electron chi connectivity index (χ3n) is 4.02. The lowest BCUT2D eigenvalue weighted by Gasteiger charge is -2.06. The maximum Gasteiger partial charge on any atom is 0.307 e. The van der Waals surface area contributed by atoms with E-state index in [2.05, 4.69) is 10.5 Å². The largest absolute Gasteiger partial charge is 0.481 e. The summed E-state index contributed by atoms with van der Waals surface area (Å²) < 4.78 is 0. The number of hydrogen-bond donors (Lipinski definition) is 2. The van der Waals surface area contributed by atoms with Crippen molar-refractivity contribution in [3.63, 3.8) is 0 Å². The van der Waals surface area contributed by atoms with Gasteiger partial charge >= 0.3 is 5.97 Å². The van der Waals surface area contributed by atoms with Crippen molar-refractivity contribution in [3.8, 4) is 0 Å². The summed E-state index contributed by atoms with van der Waals surface area (Å²) in [7, 11) is 0. The van der Waals surface area contributed by atoms with Gasteiger partial charge in [0.15, 0.2) is 0 Å². The van der Waals surface area contributed by atoms with E-state index in [1.165, 1.54) is 25.7 Å². The van der Waals surface area contributed by atoms with Crippen LogP contribution in [0.4, 0.5) is 0 Å². The minimum Gasteiger partial charge on any atom is -0.481 e. The summed E-state index contributed by atoms with van der Waals surface area (Å²) in [5.74, 6) is -0.886. The maximum absolute atomic E-state index is 10.9. The van der Waals surface area contributed by atoms with Crippen molar-refractivity contribution in [3.05, 3.63) is 0 Å². The van der Waals surface area contributed by atoms with Gasteiger partial charge in [-0.05, 0) is 18.3 Å². The lowest BCUT2D eigenvalue weighted by atomic mass is 10.1. The molecular weight excluding hydrogens is 204 g/mol. The van der Waals surface area contributed by atoms with Crippen molar-refractivity contribution >= 4 is 12.2 Å². The number of nitrogens with zero attached hydrogens (tertiary/aromatic N) is 1. The van der Waals surface area contributed by atoms with Gasteiger partial charge < -0.3 is 10.5 Å². The molecular formula is C12H20N2O2. The van der Waals surface area contributed by atoms with Crippen LogP contribution in [-0.4, -0.2) is 23.3 Å². The molecule has 0 spiro atoms. The number of hydrogen-bond acceptors (Lipinski definition) is 3. The Kier molecular flexibility index (Phi) is 2.91. The van der Waals surface area contributed by atoms with Gasteiger partial charge in [-0.25, -0.2) is 0 Å². The number of carbonyl (C=O) groups is 1. The summed E-state index contributed by atoms with van der Waals surface area (Å²) in [6.07, 6.45) is 6.72. The Hall–Kier alpha value is -1.06. The van der Waals surface area contributed by atoms with Crippen LogP contribution in [0, 0.1) is 17.3 Å². The Labute approximate surface area is 96.1 Å². The van der Waals surface area contributed by atoms with E-state index < -0.39 is 5.97 Å². The van der Waals surface area contributed by atoms with E-state index in [-0.39, 0.29) is 17.3 Å². The molecule has 4 heteroatoms. The highest BCUT2D eigenvalue weighted by atomic mass is 16.4. The number of carboxylic acid groups (broad SMARTS) is 1. The van der Waals surface area contributed by atoms with Crippen LogP contribution in [0.15, 0.2) is 5.10 Å². The lowest BCUT2D eigenvalue weighted by molar-refractivity contribution is -0.139. The average Bonchev–Trinajstić information content (AvgIpc) is 2.62. The Bertz CT molecular complexity index is 306. The van der Waals surface area contributed by atoms with Crippen molar-refractivity contribution in [2.75, 3.05) is 0 Å².